The van der Waals surface area contributed by atoms with Gasteiger partial charge in [-0.25, -0.2) is 13.1 Å². The molecule has 1 N–H and O–H groups in total. The quantitative estimate of drug-likeness (QED) is 0.473. The first kappa shape index (κ1) is 15.6. The summed E-state index contributed by atoms with van der Waals surface area (Å²) >= 11 is 0. The predicted octanol–water partition coefficient (Wildman–Crippen LogP) is 2.37. The van der Waals surface area contributed by atoms with Crippen molar-refractivity contribution in [1.29, 1.82) is 0 Å². The van der Waals surface area contributed by atoms with E-state index in [1.54, 1.807) is 6.92 Å². The number of nitro benzene ring substituents is 1. The largest absolute Gasteiger partial charge is 0.273 e. The molecule has 0 aliphatic carbocycles. The second kappa shape index (κ2) is 6.63. The maximum atomic E-state index is 11.9. The monoisotopic (exact) mass is 286 g/mol. The molecule has 106 valence electrons. The van der Waals surface area contributed by atoms with Gasteiger partial charge in [0.2, 0.25) is 10.0 Å². The fourth-order valence-corrected chi connectivity index (χ4v) is 2.71. The number of nitrogens with one attached hydrogen (secondary N) is 1. The molecule has 0 spiro atoms. The molecule has 0 aromatic heterocycles. The molecule has 0 radical (unpaired) electrons. The lowest BCUT2D eigenvalue weighted by atomic mass is 10.2. The summed E-state index contributed by atoms with van der Waals surface area (Å²) in [5, 5.41) is 10.8. The third-order valence-electron chi connectivity index (χ3n) is 2.76. The second-order valence-electron chi connectivity index (χ2n) is 4.31. The second-order valence-corrected chi connectivity index (χ2v) is 6.08. The van der Waals surface area contributed by atoms with Crippen molar-refractivity contribution in [2.24, 2.45) is 0 Å². The lowest BCUT2D eigenvalue weighted by molar-refractivity contribution is -0.385. The van der Waals surface area contributed by atoms with Gasteiger partial charge >= 0.3 is 0 Å². The summed E-state index contributed by atoms with van der Waals surface area (Å²) in [4.78, 5) is 10.1. The van der Waals surface area contributed by atoms with Gasteiger partial charge in [-0.1, -0.05) is 25.8 Å². The molecule has 0 saturated carbocycles. The van der Waals surface area contributed by atoms with Crippen LogP contribution in [0.2, 0.25) is 0 Å². The fourth-order valence-electron chi connectivity index (χ4n) is 1.62. The molecule has 0 heterocycles. The highest BCUT2D eigenvalue weighted by atomic mass is 32.2. The van der Waals surface area contributed by atoms with Crippen LogP contribution in [-0.2, 0) is 10.0 Å². The number of hydrogen-bond donors (Lipinski definition) is 1. The average Bonchev–Trinajstić information content (AvgIpc) is 2.34. The number of nitro groups is 1. The van der Waals surface area contributed by atoms with Crippen LogP contribution in [0, 0.1) is 17.0 Å². The molecule has 1 rings (SSSR count). The van der Waals surface area contributed by atoms with E-state index in [1.165, 1.54) is 12.1 Å². The Bertz CT molecular complexity index is 555. The molecule has 0 aliphatic heterocycles. The van der Waals surface area contributed by atoms with Gasteiger partial charge in [-0.2, -0.15) is 0 Å². The lowest BCUT2D eigenvalue weighted by Gasteiger charge is -2.07. The van der Waals surface area contributed by atoms with Crippen LogP contribution in [-0.4, -0.2) is 19.9 Å². The Kier molecular flexibility index (Phi) is 5.44. The third kappa shape index (κ3) is 4.29. The SMILES string of the molecule is CCCCCNS(=O)(=O)c1ccc(C)c([N+](=O)[O-])c1. The van der Waals surface area contributed by atoms with Crippen LogP contribution >= 0.6 is 0 Å². The Morgan fingerprint density at radius 2 is 2.00 bits per heavy atom. The zero-order valence-corrected chi connectivity index (χ0v) is 11.9. The van der Waals surface area contributed by atoms with Crippen LogP contribution in [0.3, 0.4) is 0 Å². The summed E-state index contributed by atoms with van der Waals surface area (Å²) in [6.45, 7) is 3.94. The summed E-state index contributed by atoms with van der Waals surface area (Å²) < 4.78 is 26.3. The van der Waals surface area contributed by atoms with Gasteiger partial charge in [-0.3, -0.25) is 10.1 Å². The first-order chi connectivity index (χ1) is 8.88. The minimum atomic E-state index is -3.67. The van der Waals surface area contributed by atoms with Crippen LogP contribution in [0.5, 0.6) is 0 Å². The van der Waals surface area contributed by atoms with Crippen molar-refractivity contribution in [2.45, 2.75) is 38.0 Å². The molecule has 19 heavy (non-hydrogen) atoms. The number of benzene rings is 1. The molecule has 1 aromatic carbocycles. The highest BCUT2D eigenvalue weighted by Crippen LogP contribution is 2.21. The summed E-state index contributed by atoms with van der Waals surface area (Å²) in [5.41, 5.74) is 0.256. The molecule has 0 saturated heterocycles. The van der Waals surface area contributed by atoms with Crippen molar-refractivity contribution < 1.29 is 13.3 Å². The van der Waals surface area contributed by atoms with Crippen molar-refractivity contribution in [3.8, 4) is 0 Å². The van der Waals surface area contributed by atoms with E-state index in [0.717, 1.165) is 25.3 Å². The summed E-state index contributed by atoms with van der Waals surface area (Å²) in [6, 6.07) is 3.92. The van der Waals surface area contributed by atoms with Gasteiger partial charge in [0.05, 0.1) is 9.82 Å². The van der Waals surface area contributed by atoms with E-state index >= 15 is 0 Å². The normalized spacial score (nSPS) is 11.5. The van der Waals surface area contributed by atoms with Gasteiger partial charge in [0, 0.05) is 18.2 Å². The van der Waals surface area contributed by atoms with E-state index < -0.39 is 14.9 Å². The summed E-state index contributed by atoms with van der Waals surface area (Å²) in [5.74, 6) is 0. The van der Waals surface area contributed by atoms with Gasteiger partial charge in [0.1, 0.15) is 0 Å². The van der Waals surface area contributed by atoms with Crippen LogP contribution in [0.1, 0.15) is 31.7 Å². The molecule has 0 fully saturated rings. The average molecular weight is 286 g/mol. The molecular formula is C12H18N2O4S. The summed E-state index contributed by atoms with van der Waals surface area (Å²) in [7, 11) is -3.67. The van der Waals surface area contributed by atoms with E-state index in [9.17, 15) is 18.5 Å². The fraction of sp³-hybridized carbons (Fsp3) is 0.500. The zero-order chi connectivity index (χ0) is 14.5. The number of sulfonamides is 1. The van der Waals surface area contributed by atoms with E-state index in [1.807, 2.05) is 6.92 Å². The molecular weight excluding hydrogens is 268 g/mol. The van der Waals surface area contributed by atoms with Crippen molar-refractivity contribution >= 4 is 15.7 Å². The molecule has 0 amide bonds. The predicted molar refractivity (Wildman–Crippen MR) is 72.5 cm³/mol. The number of nitrogens with zero attached hydrogens (tertiary/aromatic N) is 1. The molecule has 0 bridgehead atoms. The first-order valence-corrected chi connectivity index (χ1v) is 7.61. The standard InChI is InChI=1S/C12H18N2O4S/c1-3-4-5-8-13-19(17,18)11-7-6-10(2)12(9-11)14(15)16/h6-7,9,13H,3-5,8H2,1-2H3. The van der Waals surface area contributed by atoms with Gasteiger partial charge in [0.25, 0.3) is 5.69 Å². The zero-order valence-electron chi connectivity index (χ0n) is 11.0. The maximum absolute atomic E-state index is 11.9. The number of aryl methyl sites for hydroxylation is 1. The summed E-state index contributed by atoms with van der Waals surface area (Å²) in [6.07, 6.45) is 2.69. The maximum Gasteiger partial charge on any atom is 0.273 e. The highest BCUT2D eigenvalue weighted by molar-refractivity contribution is 7.89. The third-order valence-corrected chi connectivity index (χ3v) is 4.22. The van der Waals surface area contributed by atoms with Crippen LogP contribution in [0.4, 0.5) is 5.69 Å². The molecule has 0 unspecified atom stereocenters. The van der Waals surface area contributed by atoms with Crippen molar-refractivity contribution in [3.63, 3.8) is 0 Å². The Balaban J connectivity index is 2.89. The van der Waals surface area contributed by atoms with Crippen LogP contribution in [0.25, 0.3) is 0 Å². The van der Waals surface area contributed by atoms with Gasteiger partial charge in [-0.05, 0) is 19.4 Å². The van der Waals surface area contributed by atoms with Crippen molar-refractivity contribution in [2.75, 3.05) is 6.54 Å². The van der Waals surface area contributed by atoms with Gasteiger partial charge in [-0.15, -0.1) is 0 Å². The van der Waals surface area contributed by atoms with Crippen LogP contribution < -0.4 is 4.72 Å². The van der Waals surface area contributed by atoms with Gasteiger partial charge in [0.15, 0.2) is 0 Å². The number of unbranched alkanes of at least 4 members (excludes halogenated alkanes) is 2. The van der Waals surface area contributed by atoms with E-state index in [-0.39, 0.29) is 10.6 Å². The topological polar surface area (TPSA) is 89.3 Å². The minimum absolute atomic E-state index is 0.0682. The Morgan fingerprint density at radius 1 is 1.32 bits per heavy atom. The Labute approximate surface area is 113 Å². The molecule has 0 aliphatic rings. The Morgan fingerprint density at radius 3 is 2.58 bits per heavy atom. The molecule has 7 heteroatoms. The number of rotatable bonds is 7. The van der Waals surface area contributed by atoms with E-state index in [2.05, 4.69) is 4.72 Å². The van der Waals surface area contributed by atoms with Crippen molar-refractivity contribution in [1.82, 2.24) is 4.72 Å². The highest BCUT2D eigenvalue weighted by Gasteiger charge is 2.19. The van der Waals surface area contributed by atoms with Gasteiger partial charge < -0.3 is 0 Å². The Hall–Kier alpha value is -1.47. The van der Waals surface area contributed by atoms with E-state index in [4.69, 9.17) is 0 Å². The molecule has 1 aromatic rings. The van der Waals surface area contributed by atoms with Crippen molar-refractivity contribution in [3.05, 3.63) is 33.9 Å². The number of hydrogen-bond acceptors (Lipinski definition) is 4. The minimum Gasteiger partial charge on any atom is -0.258 e. The molecule has 0 atom stereocenters. The first-order valence-electron chi connectivity index (χ1n) is 6.13. The lowest BCUT2D eigenvalue weighted by Crippen LogP contribution is -2.24. The molecule has 6 nitrogen and oxygen atoms in total. The van der Waals surface area contributed by atoms with E-state index in [0.29, 0.717) is 12.1 Å². The van der Waals surface area contributed by atoms with Crippen LogP contribution in [0.15, 0.2) is 23.1 Å². The smallest absolute Gasteiger partial charge is 0.258 e.